The first-order chi connectivity index (χ1) is 16.5. The second kappa shape index (κ2) is 9.31. The van der Waals surface area contributed by atoms with Crippen molar-refractivity contribution in [3.05, 3.63) is 60.3 Å². The van der Waals surface area contributed by atoms with Gasteiger partial charge in [-0.2, -0.15) is 15.5 Å². The Kier molecular flexibility index (Phi) is 6.07. The van der Waals surface area contributed by atoms with Crippen LogP contribution in [-0.4, -0.2) is 36.3 Å². The number of pyridine rings is 2. The van der Waals surface area contributed by atoms with Crippen LogP contribution in [0, 0.1) is 18.3 Å². The van der Waals surface area contributed by atoms with E-state index < -0.39 is 0 Å². The van der Waals surface area contributed by atoms with Crippen molar-refractivity contribution in [2.45, 2.75) is 61.5 Å². The van der Waals surface area contributed by atoms with Crippen molar-refractivity contribution in [3.8, 4) is 17.2 Å². The van der Waals surface area contributed by atoms with Gasteiger partial charge in [0.25, 0.3) is 0 Å². The van der Waals surface area contributed by atoms with Gasteiger partial charge in [-0.15, -0.1) is 0 Å². The molecule has 0 spiro atoms. The lowest BCUT2D eigenvalue weighted by Crippen LogP contribution is -2.36. The van der Waals surface area contributed by atoms with Gasteiger partial charge in [0.05, 0.1) is 29.5 Å². The van der Waals surface area contributed by atoms with Crippen LogP contribution in [0.15, 0.2) is 59.1 Å². The smallest absolute Gasteiger partial charge is 0.217 e. The van der Waals surface area contributed by atoms with Crippen LogP contribution in [0.3, 0.4) is 0 Å². The van der Waals surface area contributed by atoms with E-state index in [1.54, 1.807) is 35.6 Å². The SMILES string of the molecule is CC(=O)NC1CCC(n2cc(-c3cc(Sc4ncccc4C)c4c(C#N)cnn4c3)cn2)CC1. The van der Waals surface area contributed by atoms with E-state index in [1.165, 1.54) is 0 Å². The first-order valence-electron chi connectivity index (χ1n) is 11.3. The Morgan fingerprint density at radius 2 is 2.00 bits per heavy atom. The molecule has 0 aliphatic heterocycles. The number of carbonyl (C=O) groups excluding carboxylic acids is 1. The molecule has 0 radical (unpaired) electrons. The number of hydrogen-bond acceptors (Lipinski definition) is 6. The molecule has 1 saturated carbocycles. The Balaban J connectivity index is 1.45. The summed E-state index contributed by atoms with van der Waals surface area (Å²) in [7, 11) is 0. The average Bonchev–Trinajstić information content (AvgIpc) is 3.48. The molecule has 1 fully saturated rings. The van der Waals surface area contributed by atoms with Crippen LogP contribution in [0.2, 0.25) is 0 Å². The maximum atomic E-state index is 11.3. The fourth-order valence-corrected chi connectivity index (χ4v) is 5.58. The van der Waals surface area contributed by atoms with Crippen LogP contribution in [0.5, 0.6) is 0 Å². The minimum Gasteiger partial charge on any atom is -0.354 e. The maximum absolute atomic E-state index is 11.3. The quantitative estimate of drug-likeness (QED) is 0.458. The van der Waals surface area contributed by atoms with E-state index in [1.807, 2.05) is 36.1 Å². The molecule has 0 atom stereocenters. The highest BCUT2D eigenvalue weighted by molar-refractivity contribution is 7.99. The number of hydrogen-bond donors (Lipinski definition) is 1. The predicted octanol–water partition coefficient (Wildman–Crippen LogP) is 4.54. The van der Waals surface area contributed by atoms with Gasteiger partial charge in [0.1, 0.15) is 11.1 Å². The van der Waals surface area contributed by atoms with Gasteiger partial charge in [-0.25, -0.2) is 9.50 Å². The lowest BCUT2D eigenvalue weighted by atomic mass is 9.91. The summed E-state index contributed by atoms with van der Waals surface area (Å²) in [6, 6.07) is 8.87. The third kappa shape index (κ3) is 4.41. The zero-order valence-electron chi connectivity index (χ0n) is 19.1. The van der Waals surface area contributed by atoms with E-state index in [4.69, 9.17) is 0 Å². The Morgan fingerprint density at radius 3 is 2.74 bits per heavy atom. The van der Waals surface area contributed by atoms with Crippen molar-refractivity contribution in [2.75, 3.05) is 0 Å². The largest absolute Gasteiger partial charge is 0.354 e. The molecule has 1 amide bonds. The molecule has 1 aliphatic rings. The molecule has 4 aromatic heterocycles. The molecule has 0 saturated heterocycles. The van der Waals surface area contributed by atoms with E-state index in [-0.39, 0.29) is 11.9 Å². The Bertz CT molecular complexity index is 1390. The molecule has 4 heterocycles. The molecular formula is C25H25N7OS. The molecule has 1 aliphatic carbocycles. The summed E-state index contributed by atoms with van der Waals surface area (Å²) in [6.07, 6.45) is 13.2. The average molecular weight is 472 g/mol. The Morgan fingerprint density at radius 1 is 1.18 bits per heavy atom. The zero-order valence-corrected chi connectivity index (χ0v) is 19.9. The van der Waals surface area contributed by atoms with Crippen LogP contribution >= 0.6 is 11.8 Å². The van der Waals surface area contributed by atoms with Gasteiger partial charge in [-0.3, -0.25) is 9.48 Å². The molecular weight excluding hydrogens is 446 g/mol. The summed E-state index contributed by atoms with van der Waals surface area (Å²) in [5.41, 5.74) is 4.38. The van der Waals surface area contributed by atoms with Crippen molar-refractivity contribution in [2.24, 2.45) is 0 Å². The molecule has 0 aromatic carbocycles. The number of nitrogens with zero attached hydrogens (tertiary/aromatic N) is 6. The third-order valence-corrected chi connectivity index (χ3v) is 7.43. The van der Waals surface area contributed by atoms with Crippen molar-refractivity contribution in [3.63, 3.8) is 0 Å². The van der Waals surface area contributed by atoms with Crippen LogP contribution < -0.4 is 5.32 Å². The van der Waals surface area contributed by atoms with Crippen molar-refractivity contribution >= 4 is 23.2 Å². The first kappa shape index (κ1) is 22.2. The predicted molar refractivity (Wildman–Crippen MR) is 129 cm³/mol. The second-order valence-electron chi connectivity index (χ2n) is 8.70. The first-order valence-corrected chi connectivity index (χ1v) is 12.2. The van der Waals surface area contributed by atoms with Gasteiger partial charge in [0, 0.05) is 47.6 Å². The summed E-state index contributed by atoms with van der Waals surface area (Å²) < 4.78 is 3.81. The molecule has 172 valence electrons. The van der Waals surface area contributed by atoms with Gasteiger partial charge in [0.2, 0.25) is 5.91 Å². The highest BCUT2D eigenvalue weighted by Crippen LogP contribution is 2.36. The number of aryl methyl sites for hydroxylation is 1. The number of amides is 1. The van der Waals surface area contributed by atoms with Gasteiger partial charge >= 0.3 is 0 Å². The minimum absolute atomic E-state index is 0.0352. The van der Waals surface area contributed by atoms with Gasteiger partial charge in [0.15, 0.2) is 0 Å². The molecule has 0 unspecified atom stereocenters. The lowest BCUT2D eigenvalue weighted by molar-refractivity contribution is -0.119. The monoisotopic (exact) mass is 471 g/mol. The molecule has 5 rings (SSSR count). The molecule has 0 bridgehead atoms. The number of rotatable bonds is 5. The number of nitrogens with one attached hydrogen (secondary N) is 1. The Labute approximate surface area is 202 Å². The van der Waals surface area contributed by atoms with E-state index >= 15 is 0 Å². The van der Waals surface area contributed by atoms with E-state index in [0.717, 1.165) is 57.8 Å². The fraction of sp³-hybridized carbons (Fsp3) is 0.320. The summed E-state index contributed by atoms with van der Waals surface area (Å²) in [4.78, 5) is 16.8. The molecule has 4 aromatic rings. The van der Waals surface area contributed by atoms with Crippen molar-refractivity contribution in [1.29, 1.82) is 5.26 Å². The molecule has 8 nitrogen and oxygen atoms in total. The minimum atomic E-state index is 0.0352. The second-order valence-corrected chi connectivity index (χ2v) is 9.73. The number of fused-ring (bicyclic) bond motifs is 1. The third-order valence-electron chi connectivity index (χ3n) is 6.28. The molecule has 9 heteroatoms. The standard InChI is InChI=1S/C25H25N7OS/c1-16-4-3-9-27-25(16)34-23-10-18(14-32-24(23)19(11-26)12-29-32)20-13-28-31(15-20)22-7-5-21(6-8-22)30-17(2)33/h3-4,9-10,12-15,21-22H,5-8H2,1-2H3,(H,30,33). The van der Waals surface area contributed by atoms with E-state index in [0.29, 0.717) is 11.6 Å². The summed E-state index contributed by atoms with van der Waals surface area (Å²) in [5, 5.41) is 22.6. The lowest BCUT2D eigenvalue weighted by Gasteiger charge is -2.28. The normalized spacial score (nSPS) is 18.0. The maximum Gasteiger partial charge on any atom is 0.217 e. The number of nitriles is 1. The van der Waals surface area contributed by atoms with Crippen molar-refractivity contribution in [1.82, 2.24) is 29.7 Å². The highest BCUT2D eigenvalue weighted by Gasteiger charge is 2.24. The van der Waals surface area contributed by atoms with Crippen LogP contribution in [0.25, 0.3) is 16.6 Å². The van der Waals surface area contributed by atoms with Gasteiger partial charge in [-0.1, -0.05) is 17.8 Å². The zero-order chi connectivity index (χ0) is 23.7. The molecule has 34 heavy (non-hydrogen) atoms. The van der Waals surface area contributed by atoms with E-state index in [9.17, 15) is 10.1 Å². The van der Waals surface area contributed by atoms with E-state index in [2.05, 4.69) is 38.8 Å². The van der Waals surface area contributed by atoms with Crippen molar-refractivity contribution < 1.29 is 4.79 Å². The highest BCUT2D eigenvalue weighted by atomic mass is 32.2. The van der Waals surface area contributed by atoms with Crippen LogP contribution in [0.4, 0.5) is 0 Å². The van der Waals surface area contributed by atoms with Crippen LogP contribution in [-0.2, 0) is 4.79 Å². The number of aromatic nitrogens is 5. The van der Waals surface area contributed by atoms with Gasteiger partial charge in [-0.05, 0) is 50.3 Å². The Hall–Kier alpha value is -3.64. The summed E-state index contributed by atoms with van der Waals surface area (Å²) in [5.74, 6) is 0.0352. The van der Waals surface area contributed by atoms with Gasteiger partial charge < -0.3 is 5.32 Å². The summed E-state index contributed by atoms with van der Waals surface area (Å²) in [6.45, 7) is 3.60. The fourth-order valence-electron chi connectivity index (χ4n) is 4.54. The topological polar surface area (TPSA) is 101 Å². The van der Waals surface area contributed by atoms with Crippen LogP contribution in [0.1, 0.15) is 49.8 Å². The summed E-state index contributed by atoms with van der Waals surface area (Å²) >= 11 is 1.54. The molecule has 1 N–H and O–H groups in total. The number of carbonyl (C=O) groups is 1.